The number of benzene rings is 1. The molecule has 4 aromatic heterocycles. The zero-order valence-electron chi connectivity index (χ0n) is 16.3. The van der Waals surface area contributed by atoms with Gasteiger partial charge in [0.15, 0.2) is 5.82 Å². The van der Waals surface area contributed by atoms with Crippen LogP contribution in [0.3, 0.4) is 0 Å². The predicted molar refractivity (Wildman–Crippen MR) is 120 cm³/mol. The first-order valence-corrected chi connectivity index (χ1v) is 10.4. The van der Waals surface area contributed by atoms with Gasteiger partial charge in [-0.05, 0) is 36.8 Å². The number of fused-ring (bicyclic) bond motifs is 1. The Morgan fingerprint density at radius 3 is 2.57 bits per heavy atom. The van der Waals surface area contributed by atoms with E-state index in [4.69, 9.17) is 9.97 Å². The number of aryl methyl sites for hydroxylation is 1. The van der Waals surface area contributed by atoms with Crippen molar-refractivity contribution in [3.63, 3.8) is 0 Å². The molecule has 0 aliphatic carbocycles. The highest BCUT2D eigenvalue weighted by molar-refractivity contribution is 7.13. The van der Waals surface area contributed by atoms with E-state index in [1.54, 1.807) is 36.1 Å². The van der Waals surface area contributed by atoms with Crippen molar-refractivity contribution in [2.45, 2.75) is 13.5 Å². The number of rotatable bonds is 5. The van der Waals surface area contributed by atoms with E-state index in [1.807, 2.05) is 37.3 Å². The molecule has 1 N–H and O–H groups in total. The van der Waals surface area contributed by atoms with Crippen molar-refractivity contribution < 1.29 is 0 Å². The van der Waals surface area contributed by atoms with Gasteiger partial charge in [0.1, 0.15) is 10.8 Å². The maximum atomic E-state index is 4.84. The van der Waals surface area contributed by atoms with Crippen LogP contribution in [0.1, 0.15) is 11.3 Å². The molecule has 6 nitrogen and oxygen atoms in total. The maximum absolute atomic E-state index is 4.84. The number of nitrogens with zero attached hydrogens (tertiary/aromatic N) is 5. The largest absolute Gasteiger partial charge is 0.365 e. The van der Waals surface area contributed by atoms with Crippen molar-refractivity contribution in [2.75, 3.05) is 5.32 Å². The van der Waals surface area contributed by atoms with E-state index in [1.165, 1.54) is 0 Å². The summed E-state index contributed by atoms with van der Waals surface area (Å²) >= 11 is 1.64. The minimum atomic E-state index is 0.648. The van der Waals surface area contributed by atoms with Gasteiger partial charge >= 0.3 is 0 Å². The molecule has 0 radical (unpaired) electrons. The molecule has 1 aromatic carbocycles. The van der Waals surface area contributed by atoms with Crippen molar-refractivity contribution in [2.24, 2.45) is 0 Å². The Morgan fingerprint density at radius 1 is 0.900 bits per heavy atom. The smallest absolute Gasteiger partial charge is 0.162 e. The zero-order chi connectivity index (χ0) is 20.3. The minimum Gasteiger partial charge on any atom is -0.365 e. The summed E-state index contributed by atoms with van der Waals surface area (Å²) in [7, 11) is 0. The average Bonchev–Trinajstić information content (AvgIpc) is 3.24. The lowest BCUT2D eigenvalue weighted by Crippen LogP contribution is -2.04. The van der Waals surface area contributed by atoms with Crippen LogP contribution in [0.4, 0.5) is 5.82 Å². The van der Waals surface area contributed by atoms with Crippen LogP contribution in [0.25, 0.3) is 32.9 Å². The third-order valence-electron chi connectivity index (χ3n) is 4.70. The number of hydrogen-bond donors (Lipinski definition) is 1. The van der Waals surface area contributed by atoms with Crippen molar-refractivity contribution in [3.05, 3.63) is 83.9 Å². The van der Waals surface area contributed by atoms with E-state index >= 15 is 0 Å². The molecule has 7 heteroatoms. The molecule has 30 heavy (non-hydrogen) atoms. The molecule has 0 fully saturated rings. The molecule has 0 atom stereocenters. The van der Waals surface area contributed by atoms with Gasteiger partial charge in [0.25, 0.3) is 0 Å². The molecular formula is C23H18N6S. The highest BCUT2D eigenvalue weighted by Crippen LogP contribution is 2.29. The zero-order valence-corrected chi connectivity index (χ0v) is 17.1. The molecule has 5 aromatic rings. The quantitative estimate of drug-likeness (QED) is 0.433. The van der Waals surface area contributed by atoms with E-state index in [0.717, 1.165) is 44.1 Å². The first-order chi connectivity index (χ1) is 14.8. The van der Waals surface area contributed by atoms with Gasteiger partial charge in [-0.15, -0.1) is 11.3 Å². The van der Waals surface area contributed by atoms with Crippen LogP contribution >= 0.6 is 11.3 Å². The Labute approximate surface area is 177 Å². The monoisotopic (exact) mass is 410 g/mol. The van der Waals surface area contributed by atoms with Crippen LogP contribution in [0.5, 0.6) is 0 Å². The molecule has 0 spiro atoms. The summed E-state index contributed by atoms with van der Waals surface area (Å²) in [5, 5.41) is 7.44. The molecule has 0 amide bonds. The van der Waals surface area contributed by atoms with Gasteiger partial charge in [-0.3, -0.25) is 9.97 Å². The van der Waals surface area contributed by atoms with Gasteiger partial charge < -0.3 is 5.32 Å². The van der Waals surface area contributed by atoms with E-state index in [-0.39, 0.29) is 0 Å². The molecule has 0 saturated heterocycles. The number of nitrogens with one attached hydrogen (secondary N) is 1. The first kappa shape index (κ1) is 18.3. The third-order valence-corrected chi connectivity index (χ3v) is 5.70. The first-order valence-electron chi connectivity index (χ1n) is 9.54. The minimum absolute atomic E-state index is 0.648. The summed E-state index contributed by atoms with van der Waals surface area (Å²) in [6, 6.07) is 14.1. The second kappa shape index (κ2) is 7.96. The van der Waals surface area contributed by atoms with Crippen molar-refractivity contribution in [1.82, 2.24) is 24.9 Å². The molecule has 0 bridgehead atoms. The van der Waals surface area contributed by atoms with Gasteiger partial charge in [-0.25, -0.2) is 15.0 Å². The lowest BCUT2D eigenvalue weighted by Gasteiger charge is -2.11. The Balaban J connectivity index is 1.55. The van der Waals surface area contributed by atoms with Crippen LogP contribution in [0.15, 0.2) is 72.6 Å². The Kier molecular flexibility index (Phi) is 4.86. The Hall–Kier alpha value is -3.71. The number of pyridine rings is 2. The maximum Gasteiger partial charge on any atom is 0.162 e. The lowest BCUT2D eigenvalue weighted by atomic mass is 10.1. The van der Waals surface area contributed by atoms with Gasteiger partial charge in [0, 0.05) is 52.7 Å². The standard InChI is InChI=1S/C23H18N6S/c1-15-14-30-23(27-15)18-4-2-3-17(11-18)21-28-20-13-25-10-7-19(20)22(29-21)26-12-16-5-8-24-9-6-16/h2-11,13-14H,12H2,1H3,(H,26,28,29). The fourth-order valence-corrected chi connectivity index (χ4v) is 4.00. The molecule has 146 valence electrons. The fourth-order valence-electron chi connectivity index (χ4n) is 3.21. The lowest BCUT2D eigenvalue weighted by molar-refractivity contribution is 1.09. The summed E-state index contributed by atoms with van der Waals surface area (Å²) in [4.78, 5) is 22.5. The van der Waals surface area contributed by atoms with Crippen molar-refractivity contribution >= 4 is 28.1 Å². The van der Waals surface area contributed by atoms with Crippen LogP contribution in [-0.2, 0) is 6.54 Å². The summed E-state index contributed by atoms with van der Waals surface area (Å²) < 4.78 is 0. The van der Waals surface area contributed by atoms with E-state index < -0.39 is 0 Å². The average molecular weight is 411 g/mol. The van der Waals surface area contributed by atoms with E-state index in [0.29, 0.717) is 12.4 Å². The number of aromatic nitrogens is 5. The second-order valence-corrected chi connectivity index (χ2v) is 7.73. The number of thiazole rings is 1. The number of anilines is 1. The topological polar surface area (TPSA) is 76.5 Å². The summed E-state index contributed by atoms with van der Waals surface area (Å²) in [5.41, 5.74) is 4.96. The second-order valence-electron chi connectivity index (χ2n) is 6.87. The highest BCUT2D eigenvalue weighted by atomic mass is 32.1. The molecule has 0 aliphatic heterocycles. The van der Waals surface area contributed by atoms with E-state index in [2.05, 4.69) is 37.8 Å². The summed E-state index contributed by atoms with van der Waals surface area (Å²) in [6.45, 7) is 2.65. The van der Waals surface area contributed by atoms with Gasteiger partial charge in [0.05, 0.1) is 11.7 Å². The summed E-state index contributed by atoms with van der Waals surface area (Å²) in [6.07, 6.45) is 7.10. The normalized spacial score (nSPS) is 11.0. The third kappa shape index (κ3) is 3.75. The Bertz CT molecular complexity index is 1320. The van der Waals surface area contributed by atoms with Gasteiger partial charge in [-0.1, -0.05) is 18.2 Å². The van der Waals surface area contributed by atoms with E-state index in [9.17, 15) is 0 Å². The van der Waals surface area contributed by atoms with Crippen LogP contribution < -0.4 is 5.32 Å². The van der Waals surface area contributed by atoms with Gasteiger partial charge in [0.2, 0.25) is 0 Å². The Morgan fingerprint density at radius 2 is 1.73 bits per heavy atom. The van der Waals surface area contributed by atoms with Crippen LogP contribution in [-0.4, -0.2) is 24.9 Å². The van der Waals surface area contributed by atoms with Crippen LogP contribution in [0, 0.1) is 6.92 Å². The van der Waals surface area contributed by atoms with Crippen LogP contribution in [0.2, 0.25) is 0 Å². The molecule has 0 unspecified atom stereocenters. The number of hydrogen-bond acceptors (Lipinski definition) is 7. The van der Waals surface area contributed by atoms with Gasteiger partial charge in [-0.2, -0.15) is 0 Å². The SMILES string of the molecule is Cc1csc(-c2cccc(-c3nc(NCc4ccncc4)c4ccncc4n3)c2)n1. The summed E-state index contributed by atoms with van der Waals surface area (Å²) in [5.74, 6) is 1.44. The predicted octanol–water partition coefficient (Wildman–Crippen LogP) is 5.13. The molecule has 0 saturated carbocycles. The molecular weight excluding hydrogens is 392 g/mol. The van der Waals surface area contributed by atoms with Crippen molar-refractivity contribution in [1.29, 1.82) is 0 Å². The molecule has 4 heterocycles. The highest BCUT2D eigenvalue weighted by Gasteiger charge is 2.11. The molecule has 0 aliphatic rings. The molecule has 5 rings (SSSR count). The fraction of sp³-hybridized carbons (Fsp3) is 0.0870. The van der Waals surface area contributed by atoms with Crippen molar-refractivity contribution in [3.8, 4) is 22.0 Å².